The fourth-order valence-electron chi connectivity index (χ4n) is 3.97. The molecule has 0 aliphatic rings. The molecule has 0 bridgehead atoms. The maximum absolute atomic E-state index is 6.13. The smallest absolute Gasteiger partial charge is 0.228 e. The number of fused-ring (bicyclic) bond motifs is 1. The van der Waals surface area contributed by atoms with E-state index in [-0.39, 0.29) is 0 Å². The molecule has 0 atom stereocenters. The third kappa shape index (κ3) is 4.72. The van der Waals surface area contributed by atoms with Crippen molar-refractivity contribution >= 4 is 39.6 Å². The number of nitrogens with one attached hydrogen (secondary N) is 2. The first-order chi connectivity index (χ1) is 18.7. The van der Waals surface area contributed by atoms with E-state index in [9.17, 15) is 0 Å². The monoisotopic (exact) mass is 518 g/mol. The summed E-state index contributed by atoms with van der Waals surface area (Å²) >= 11 is 1.57. The highest BCUT2D eigenvalue weighted by Crippen LogP contribution is 2.34. The van der Waals surface area contributed by atoms with Crippen molar-refractivity contribution in [1.82, 2.24) is 30.1 Å². The van der Waals surface area contributed by atoms with Gasteiger partial charge in [0.2, 0.25) is 11.8 Å². The quantitative estimate of drug-likeness (QED) is 0.245. The fourth-order valence-corrected chi connectivity index (χ4v) is 4.76. The van der Waals surface area contributed by atoms with E-state index in [1.54, 1.807) is 30.8 Å². The van der Waals surface area contributed by atoms with Crippen LogP contribution in [0.4, 0.5) is 17.5 Å². The van der Waals surface area contributed by atoms with Gasteiger partial charge in [-0.25, -0.2) is 19.9 Å². The highest BCUT2D eigenvalue weighted by molar-refractivity contribution is 7.13. The molecule has 0 spiro atoms. The van der Waals surface area contributed by atoms with Gasteiger partial charge in [-0.05, 0) is 49.4 Å². The first-order valence-corrected chi connectivity index (χ1v) is 12.7. The Hall–Kier alpha value is -4.96. The van der Waals surface area contributed by atoms with Crippen LogP contribution in [0.25, 0.3) is 32.7 Å². The van der Waals surface area contributed by atoms with E-state index in [2.05, 4.69) is 40.8 Å². The van der Waals surface area contributed by atoms with Crippen molar-refractivity contribution in [1.29, 1.82) is 0 Å². The van der Waals surface area contributed by atoms with Crippen LogP contribution in [0, 0.1) is 6.92 Å². The van der Waals surface area contributed by atoms with Gasteiger partial charge in [0.05, 0.1) is 11.3 Å². The van der Waals surface area contributed by atoms with Gasteiger partial charge in [-0.3, -0.25) is 0 Å². The van der Waals surface area contributed by atoms with Crippen LogP contribution < -0.4 is 15.4 Å². The van der Waals surface area contributed by atoms with E-state index >= 15 is 0 Å². The highest BCUT2D eigenvalue weighted by atomic mass is 32.1. The predicted molar refractivity (Wildman–Crippen MR) is 150 cm³/mol. The van der Waals surface area contributed by atoms with Crippen molar-refractivity contribution in [3.63, 3.8) is 0 Å². The van der Waals surface area contributed by atoms with Gasteiger partial charge >= 0.3 is 0 Å². The average Bonchev–Trinajstić information content (AvgIpc) is 3.40. The van der Waals surface area contributed by atoms with E-state index < -0.39 is 0 Å². The lowest BCUT2D eigenvalue weighted by atomic mass is 10.1. The van der Waals surface area contributed by atoms with Gasteiger partial charge in [0.25, 0.3) is 0 Å². The van der Waals surface area contributed by atoms with Gasteiger partial charge in [-0.1, -0.05) is 24.3 Å². The number of aromatic nitrogens is 6. The van der Waals surface area contributed by atoms with Crippen molar-refractivity contribution in [2.45, 2.75) is 6.92 Å². The summed E-state index contributed by atoms with van der Waals surface area (Å²) in [5, 5.41) is 20.2. The predicted octanol–water partition coefficient (Wildman–Crippen LogP) is 6.49. The van der Waals surface area contributed by atoms with E-state index in [1.807, 2.05) is 79.0 Å². The Morgan fingerprint density at radius 2 is 1.66 bits per heavy atom. The van der Waals surface area contributed by atoms with Gasteiger partial charge in [0.15, 0.2) is 5.82 Å². The molecule has 2 aromatic carbocycles. The Morgan fingerprint density at radius 3 is 2.45 bits per heavy atom. The molecule has 0 aliphatic heterocycles. The molecule has 38 heavy (non-hydrogen) atoms. The molecule has 0 saturated heterocycles. The zero-order valence-electron chi connectivity index (χ0n) is 20.6. The minimum Gasteiger partial charge on any atom is -0.438 e. The molecule has 0 unspecified atom stereocenters. The molecule has 186 valence electrons. The number of aryl methyl sites for hydroxylation is 1. The maximum Gasteiger partial charge on any atom is 0.228 e. The van der Waals surface area contributed by atoms with Crippen LogP contribution in [0.5, 0.6) is 11.6 Å². The lowest BCUT2D eigenvalue weighted by Crippen LogP contribution is -1.99. The molecular formula is C28H22N8OS. The third-order valence-corrected chi connectivity index (χ3v) is 6.73. The number of rotatable bonds is 7. The summed E-state index contributed by atoms with van der Waals surface area (Å²) in [4.78, 5) is 17.7. The molecule has 0 aliphatic carbocycles. The van der Waals surface area contributed by atoms with Gasteiger partial charge in [0.1, 0.15) is 16.5 Å². The number of ether oxygens (including phenoxy) is 1. The van der Waals surface area contributed by atoms with Crippen molar-refractivity contribution in [3.05, 3.63) is 90.2 Å². The Kier molecular flexibility index (Phi) is 6.29. The normalized spacial score (nSPS) is 10.9. The number of nitrogens with zero attached hydrogens (tertiary/aromatic N) is 6. The zero-order chi connectivity index (χ0) is 25.9. The molecule has 4 aromatic heterocycles. The minimum atomic E-state index is 0.457. The van der Waals surface area contributed by atoms with E-state index in [1.165, 1.54) is 0 Å². The van der Waals surface area contributed by atoms with E-state index in [0.29, 0.717) is 29.1 Å². The summed E-state index contributed by atoms with van der Waals surface area (Å²) < 4.78 is 6.13. The molecular weight excluding hydrogens is 496 g/mol. The largest absolute Gasteiger partial charge is 0.438 e. The Labute approximate surface area is 222 Å². The summed E-state index contributed by atoms with van der Waals surface area (Å²) in [6.45, 7) is 1.98. The summed E-state index contributed by atoms with van der Waals surface area (Å²) in [5.74, 6) is 2.29. The average molecular weight is 519 g/mol. The number of hydrogen-bond donors (Lipinski definition) is 2. The van der Waals surface area contributed by atoms with Crippen molar-refractivity contribution in [2.75, 3.05) is 17.7 Å². The summed E-state index contributed by atoms with van der Waals surface area (Å²) in [6.07, 6.45) is 3.39. The van der Waals surface area contributed by atoms with Crippen molar-refractivity contribution < 1.29 is 4.74 Å². The molecule has 2 N–H and O–H groups in total. The Balaban J connectivity index is 1.25. The lowest BCUT2D eigenvalue weighted by Gasteiger charge is -2.12. The Morgan fingerprint density at radius 1 is 0.816 bits per heavy atom. The first kappa shape index (κ1) is 23.4. The summed E-state index contributed by atoms with van der Waals surface area (Å²) in [6, 6.07) is 21.3. The number of anilines is 3. The second-order valence-electron chi connectivity index (χ2n) is 8.36. The molecule has 6 aromatic rings. The third-order valence-electron chi connectivity index (χ3n) is 5.77. The molecule has 0 fully saturated rings. The summed E-state index contributed by atoms with van der Waals surface area (Å²) in [5.41, 5.74) is 4.09. The number of thiazole rings is 1. The van der Waals surface area contributed by atoms with E-state index in [4.69, 9.17) is 4.74 Å². The number of benzene rings is 2. The second kappa shape index (κ2) is 10.2. The van der Waals surface area contributed by atoms with Crippen LogP contribution in [0.2, 0.25) is 0 Å². The van der Waals surface area contributed by atoms with Crippen LogP contribution in [0.3, 0.4) is 0 Å². The Bertz CT molecular complexity index is 1740. The number of hydrogen-bond acceptors (Lipinski definition) is 10. The maximum atomic E-state index is 6.13. The lowest BCUT2D eigenvalue weighted by molar-refractivity contribution is 0.465. The molecule has 6 rings (SSSR count). The molecule has 4 heterocycles. The standard InChI is InChI=1S/C28H22N8OS/c1-17-16-38-27(32-17)24-20-6-3-4-7-21(20)25(36-35-24)33-18-9-11-19(12-10-18)37-26-22(8-5-14-30-26)23-13-15-31-28(29-2)34-23/h3-16H,1-2H3,(H,33,36)(H,29,31,34). The summed E-state index contributed by atoms with van der Waals surface area (Å²) in [7, 11) is 1.78. The van der Waals surface area contributed by atoms with Crippen LogP contribution >= 0.6 is 11.3 Å². The highest BCUT2D eigenvalue weighted by Gasteiger charge is 2.14. The van der Waals surface area contributed by atoms with Gasteiger partial charge in [-0.15, -0.1) is 21.5 Å². The van der Waals surface area contributed by atoms with Crippen LogP contribution in [-0.4, -0.2) is 37.2 Å². The minimum absolute atomic E-state index is 0.457. The van der Waals surface area contributed by atoms with Crippen LogP contribution in [-0.2, 0) is 0 Å². The van der Waals surface area contributed by atoms with Crippen molar-refractivity contribution in [3.8, 4) is 33.6 Å². The van der Waals surface area contributed by atoms with Crippen LogP contribution in [0.15, 0.2) is 84.5 Å². The molecule has 0 amide bonds. The molecule has 0 radical (unpaired) electrons. The van der Waals surface area contributed by atoms with Crippen molar-refractivity contribution in [2.24, 2.45) is 0 Å². The SMILES string of the molecule is CNc1nccc(-c2cccnc2Oc2ccc(Nc3nnc(-c4nc(C)cs4)c4ccccc34)cc2)n1. The van der Waals surface area contributed by atoms with Gasteiger partial charge in [-0.2, -0.15) is 0 Å². The topological polar surface area (TPSA) is 111 Å². The van der Waals surface area contributed by atoms with Crippen LogP contribution in [0.1, 0.15) is 5.69 Å². The molecule has 9 nitrogen and oxygen atoms in total. The molecule has 10 heteroatoms. The van der Waals surface area contributed by atoms with Gasteiger partial charge in [0, 0.05) is 47.0 Å². The second-order valence-corrected chi connectivity index (χ2v) is 9.22. The molecule has 0 saturated carbocycles. The number of pyridine rings is 1. The fraction of sp³-hybridized carbons (Fsp3) is 0.0714. The first-order valence-electron chi connectivity index (χ1n) is 11.9. The van der Waals surface area contributed by atoms with E-state index in [0.717, 1.165) is 38.4 Å². The zero-order valence-corrected chi connectivity index (χ0v) is 21.4. The van der Waals surface area contributed by atoms with Gasteiger partial charge < -0.3 is 15.4 Å².